The molecule has 118 valence electrons. The number of hydrogen-bond donors (Lipinski definition) is 3. The van der Waals surface area contributed by atoms with Gasteiger partial charge in [-0.05, 0) is 31.9 Å². The van der Waals surface area contributed by atoms with Crippen LogP contribution >= 0.6 is 11.6 Å². The molecule has 1 rings (SSSR count). The number of aliphatic hydroxyl groups is 2. The Kier molecular flexibility index (Phi) is 6.45. The molecule has 2 unspecified atom stereocenters. The molecule has 1 amide bonds. The minimum absolute atomic E-state index is 0.118. The number of alkyl carbamates (subject to hydrolysis) is 1. The second-order valence-corrected chi connectivity index (χ2v) is 5.99. The van der Waals surface area contributed by atoms with Gasteiger partial charge in [0.1, 0.15) is 17.8 Å². The third-order valence-corrected chi connectivity index (χ3v) is 3.02. The smallest absolute Gasteiger partial charge is 0.407 e. The third kappa shape index (κ3) is 5.91. The molecule has 0 saturated carbocycles. The minimum atomic E-state index is -1.15. The molecular weight excluding hydrogens is 294 g/mol. The van der Waals surface area contributed by atoms with Crippen molar-refractivity contribution in [2.24, 2.45) is 0 Å². The fraction of sp³-hybridized carbons (Fsp3) is 0.533. The zero-order chi connectivity index (χ0) is 16.0. The summed E-state index contributed by atoms with van der Waals surface area (Å²) in [6.45, 7) is 5.12. The van der Waals surface area contributed by atoms with E-state index >= 15 is 0 Å². The van der Waals surface area contributed by atoms with Crippen molar-refractivity contribution in [1.29, 1.82) is 0 Å². The zero-order valence-corrected chi connectivity index (χ0v) is 13.2. The largest absolute Gasteiger partial charge is 0.444 e. The molecule has 0 aliphatic carbocycles. The molecule has 3 N–H and O–H groups in total. The number of carbonyl (C=O) groups is 1. The summed E-state index contributed by atoms with van der Waals surface area (Å²) in [5.74, 6) is 0.236. The van der Waals surface area contributed by atoms with Crippen molar-refractivity contribution in [3.8, 4) is 0 Å². The highest BCUT2D eigenvalue weighted by Gasteiger charge is 2.22. The highest BCUT2D eigenvalue weighted by molar-refractivity contribution is 6.17. The standard InChI is InChI=1S/C15H22ClNO4/c1-15(2,3)21-14(20)17-9-12(18)13(19)11-7-5-4-6-10(11)8-16/h4-7,12-13,18-19H,8-9H2,1-3H3,(H,17,20). The molecule has 1 aromatic rings. The first-order chi connectivity index (χ1) is 9.74. The number of alkyl halides is 1. The lowest BCUT2D eigenvalue weighted by Gasteiger charge is -2.23. The number of amides is 1. The highest BCUT2D eigenvalue weighted by Crippen LogP contribution is 2.22. The van der Waals surface area contributed by atoms with Crippen molar-refractivity contribution in [1.82, 2.24) is 5.32 Å². The van der Waals surface area contributed by atoms with Gasteiger partial charge in [0.2, 0.25) is 0 Å². The molecule has 0 aromatic heterocycles. The fourth-order valence-corrected chi connectivity index (χ4v) is 2.01. The number of nitrogens with one attached hydrogen (secondary N) is 1. The molecule has 0 aliphatic heterocycles. The first kappa shape index (κ1) is 17.8. The molecule has 0 fully saturated rings. The van der Waals surface area contributed by atoms with Crippen LogP contribution in [0.3, 0.4) is 0 Å². The van der Waals surface area contributed by atoms with E-state index in [1.54, 1.807) is 45.0 Å². The summed E-state index contributed by atoms with van der Waals surface area (Å²) in [4.78, 5) is 11.5. The summed E-state index contributed by atoms with van der Waals surface area (Å²) in [6.07, 6.45) is -2.92. The SMILES string of the molecule is CC(C)(C)OC(=O)NCC(O)C(O)c1ccccc1CCl. The lowest BCUT2D eigenvalue weighted by atomic mass is 9.99. The van der Waals surface area contributed by atoms with Crippen LogP contribution in [0.5, 0.6) is 0 Å². The molecule has 6 heteroatoms. The molecule has 0 spiro atoms. The summed E-state index contributed by atoms with van der Waals surface area (Å²) in [5, 5.41) is 22.5. The van der Waals surface area contributed by atoms with E-state index in [4.69, 9.17) is 16.3 Å². The van der Waals surface area contributed by atoms with Gasteiger partial charge in [0, 0.05) is 12.4 Å². The van der Waals surface area contributed by atoms with Gasteiger partial charge in [0.05, 0.1) is 0 Å². The number of aliphatic hydroxyl groups excluding tert-OH is 2. The average Bonchev–Trinajstić information content (AvgIpc) is 2.42. The number of carbonyl (C=O) groups excluding carboxylic acids is 1. The van der Waals surface area contributed by atoms with Crippen LogP contribution in [0.15, 0.2) is 24.3 Å². The first-order valence-corrected chi connectivity index (χ1v) is 7.25. The molecule has 1 aromatic carbocycles. The quantitative estimate of drug-likeness (QED) is 0.729. The Labute approximate surface area is 129 Å². The van der Waals surface area contributed by atoms with E-state index in [1.807, 2.05) is 0 Å². The van der Waals surface area contributed by atoms with Crippen LogP contribution in [0, 0.1) is 0 Å². The van der Waals surface area contributed by atoms with Crippen LogP contribution < -0.4 is 5.32 Å². The summed E-state index contributed by atoms with van der Waals surface area (Å²) in [7, 11) is 0. The predicted octanol–water partition coefficient (Wildman–Crippen LogP) is 2.34. The molecule has 0 bridgehead atoms. The maximum Gasteiger partial charge on any atom is 0.407 e. The van der Waals surface area contributed by atoms with Crippen molar-refractivity contribution in [2.45, 2.75) is 44.5 Å². The van der Waals surface area contributed by atoms with Gasteiger partial charge >= 0.3 is 6.09 Å². The van der Waals surface area contributed by atoms with Crippen LogP contribution in [0.25, 0.3) is 0 Å². The van der Waals surface area contributed by atoms with Crippen molar-refractivity contribution in [3.05, 3.63) is 35.4 Å². The van der Waals surface area contributed by atoms with Gasteiger partial charge < -0.3 is 20.3 Å². The van der Waals surface area contributed by atoms with E-state index in [0.29, 0.717) is 5.56 Å². The summed E-state index contributed by atoms with van der Waals surface area (Å²) >= 11 is 5.80. The van der Waals surface area contributed by atoms with Crippen molar-refractivity contribution in [3.63, 3.8) is 0 Å². The number of ether oxygens (including phenoxy) is 1. The Morgan fingerprint density at radius 3 is 2.52 bits per heavy atom. The Balaban J connectivity index is 2.59. The van der Waals surface area contributed by atoms with Gasteiger partial charge in [-0.2, -0.15) is 0 Å². The van der Waals surface area contributed by atoms with Gasteiger partial charge in [0.15, 0.2) is 0 Å². The second kappa shape index (κ2) is 7.64. The summed E-state index contributed by atoms with van der Waals surface area (Å²) in [6, 6.07) is 7.03. The summed E-state index contributed by atoms with van der Waals surface area (Å²) in [5.41, 5.74) is 0.674. The second-order valence-electron chi connectivity index (χ2n) is 5.73. The summed E-state index contributed by atoms with van der Waals surface area (Å²) < 4.78 is 5.05. The van der Waals surface area contributed by atoms with Crippen LogP contribution in [0.1, 0.15) is 38.0 Å². The fourth-order valence-electron chi connectivity index (χ4n) is 1.77. The molecule has 2 atom stereocenters. The topological polar surface area (TPSA) is 78.8 Å². The Morgan fingerprint density at radius 2 is 1.95 bits per heavy atom. The molecular formula is C15H22ClNO4. The molecule has 0 radical (unpaired) electrons. The first-order valence-electron chi connectivity index (χ1n) is 6.71. The van der Waals surface area contributed by atoms with Crippen LogP contribution in [0.2, 0.25) is 0 Å². The van der Waals surface area contributed by atoms with Crippen molar-refractivity contribution >= 4 is 17.7 Å². The molecule has 0 heterocycles. The van der Waals surface area contributed by atoms with Crippen LogP contribution in [-0.4, -0.2) is 34.6 Å². The molecule has 5 nitrogen and oxygen atoms in total. The van der Waals surface area contributed by atoms with Crippen LogP contribution in [0.4, 0.5) is 4.79 Å². The number of hydrogen-bond acceptors (Lipinski definition) is 4. The Morgan fingerprint density at radius 1 is 1.33 bits per heavy atom. The normalized spacial score (nSPS) is 14.4. The molecule has 21 heavy (non-hydrogen) atoms. The number of benzene rings is 1. The van der Waals surface area contributed by atoms with Crippen molar-refractivity contribution in [2.75, 3.05) is 6.54 Å². The zero-order valence-electron chi connectivity index (χ0n) is 12.5. The minimum Gasteiger partial charge on any atom is -0.444 e. The average molecular weight is 316 g/mol. The van der Waals surface area contributed by atoms with E-state index in [2.05, 4.69) is 5.32 Å². The lowest BCUT2D eigenvalue weighted by molar-refractivity contribution is 0.0126. The van der Waals surface area contributed by atoms with E-state index < -0.39 is 23.9 Å². The number of rotatable bonds is 5. The van der Waals surface area contributed by atoms with E-state index in [-0.39, 0.29) is 12.4 Å². The van der Waals surface area contributed by atoms with Gasteiger partial charge in [-0.15, -0.1) is 11.6 Å². The third-order valence-electron chi connectivity index (χ3n) is 2.74. The molecule has 0 saturated heterocycles. The van der Waals surface area contributed by atoms with Gasteiger partial charge in [-0.1, -0.05) is 24.3 Å². The highest BCUT2D eigenvalue weighted by atomic mass is 35.5. The predicted molar refractivity (Wildman–Crippen MR) is 81.2 cm³/mol. The van der Waals surface area contributed by atoms with Crippen molar-refractivity contribution < 1.29 is 19.7 Å². The lowest BCUT2D eigenvalue weighted by Crippen LogP contribution is -2.39. The van der Waals surface area contributed by atoms with Gasteiger partial charge in [0.25, 0.3) is 0 Å². The van der Waals surface area contributed by atoms with Gasteiger partial charge in [-0.3, -0.25) is 0 Å². The van der Waals surface area contributed by atoms with E-state index in [1.165, 1.54) is 0 Å². The van der Waals surface area contributed by atoms with Gasteiger partial charge in [-0.25, -0.2) is 4.79 Å². The maximum atomic E-state index is 11.5. The van der Waals surface area contributed by atoms with E-state index in [0.717, 1.165) is 5.56 Å². The van der Waals surface area contributed by atoms with E-state index in [9.17, 15) is 15.0 Å². The molecule has 0 aliphatic rings. The Hall–Kier alpha value is -1.30. The van der Waals surface area contributed by atoms with Crippen LogP contribution in [-0.2, 0) is 10.6 Å². The number of halogens is 1. The monoisotopic (exact) mass is 315 g/mol. The maximum absolute atomic E-state index is 11.5. The Bertz CT molecular complexity index is 473.